The minimum absolute atomic E-state index is 0.136. The molecule has 0 amide bonds. The Labute approximate surface area is 107 Å². The standard InChI is InChI=1S/C15H21F3/c1-4-7-12-8-5-6-9-13(12)14(2,3)10-11-15(16,17)18/h5-6,8-9H,4,7,10-11H2,1-3H3. The maximum atomic E-state index is 12.4. The number of hydrogen-bond acceptors (Lipinski definition) is 0. The predicted octanol–water partition coefficient (Wildman–Crippen LogP) is 5.26. The lowest BCUT2D eigenvalue weighted by Crippen LogP contribution is -2.22. The van der Waals surface area contributed by atoms with Gasteiger partial charge in [0.05, 0.1) is 0 Å². The molecule has 0 aliphatic heterocycles. The van der Waals surface area contributed by atoms with Gasteiger partial charge in [-0.1, -0.05) is 51.5 Å². The van der Waals surface area contributed by atoms with E-state index in [4.69, 9.17) is 0 Å². The first kappa shape index (κ1) is 15.1. The van der Waals surface area contributed by atoms with Crippen molar-refractivity contribution in [3.63, 3.8) is 0 Å². The number of aryl methyl sites for hydroxylation is 1. The van der Waals surface area contributed by atoms with E-state index in [2.05, 4.69) is 6.92 Å². The first-order valence-electron chi connectivity index (χ1n) is 6.41. The van der Waals surface area contributed by atoms with E-state index in [1.54, 1.807) is 0 Å². The Morgan fingerprint density at radius 3 is 2.17 bits per heavy atom. The number of rotatable bonds is 5. The second kappa shape index (κ2) is 5.77. The summed E-state index contributed by atoms with van der Waals surface area (Å²) < 4.78 is 37.1. The van der Waals surface area contributed by atoms with Crippen LogP contribution in [0.3, 0.4) is 0 Å². The van der Waals surface area contributed by atoms with E-state index in [-0.39, 0.29) is 6.42 Å². The lowest BCUT2D eigenvalue weighted by atomic mass is 9.77. The molecule has 1 aromatic carbocycles. The largest absolute Gasteiger partial charge is 0.389 e. The molecule has 0 saturated heterocycles. The third kappa shape index (κ3) is 4.35. The van der Waals surface area contributed by atoms with Crippen LogP contribution in [0.5, 0.6) is 0 Å². The van der Waals surface area contributed by atoms with E-state index in [0.717, 1.165) is 18.4 Å². The molecule has 0 aliphatic rings. The molecular weight excluding hydrogens is 237 g/mol. The molecule has 102 valence electrons. The average Bonchev–Trinajstić information content (AvgIpc) is 2.27. The number of alkyl halides is 3. The molecule has 0 N–H and O–H groups in total. The van der Waals surface area contributed by atoms with Crippen molar-refractivity contribution in [2.75, 3.05) is 0 Å². The van der Waals surface area contributed by atoms with E-state index < -0.39 is 18.0 Å². The van der Waals surface area contributed by atoms with Gasteiger partial charge in [-0.2, -0.15) is 13.2 Å². The number of benzene rings is 1. The molecule has 18 heavy (non-hydrogen) atoms. The summed E-state index contributed by atoms with van der Waals surface area (Å²) in [6.07, 6.45) is -2.73. The van der Waals surface area contributed by atoms with Gasteiger partial charge in [-0.25, -0.2) is 0 Å². The molecule has 0 radical (unpaired) electrons. The molecule has 0 aliphatic carbocycles. The van der Waals surface area contributed by atoms with E-state index in [1.807, 2.05) is 38.1 Å². The summed E-state index contributed by atoms with van der Waals surface area (Å²) in [5.41, 5.74) is 1.80. The zero-order valence-corrected chi connectivity index (χ0v) is 11.3. The molecule has 1 rings (SSSR count). The monoisotopic (exact) mass is 258 g/mol. The topological polar surface area (TPSA) is 0 Å². The van der Waals surface area contributed by atoms with Crippen LogP contribution in [0.4, 0.5) is 13.2 Å². The van der Waals surface area contributed by atoms with E-state index >= 15 is 0 Å². The summed E-state index contributed by atoms with van der Waals surface area (Å²) in [5, 5.41) is 0. The smallest absolute Gasteiger partial charge is 0.171 e. The van der Waals surface area contributed by atoms with Gasteiger partial charge >= 0.3 is 6.18 Å². The molecule has 0 saturated carbocycles. The van der Waals surface area contributed by atoms with E-state index in [9.17, 15) is 13.2 Å². The zero-order chi connectivity index (χ0) is 13.8. The molecule has 0 unspecified atom stereocenters. The van der Waals surface area contributed by atoms with Gasteiger partial charge < -0.3 is 0 Å². The Bertz CT molecular complexity index is 378. The van der Waals surface area contributed by atoms with Gasteiger partial charge in [-0.3, -0.25) is 0 Å². The van der Waals surface area contributed by atoms with Gasteiger partial charge in [-0.05, 0) is 29.4 Å². The average molecular weight is 258 g/mol. The van der Waals surface area contributed by atoms with Crippen LogP contribution in [0.25, 0.3) is 0 Å². The predicted molar refractivity (Wildman–Crippen MR) is 68.8 cm³/mol. The summed E-state index contributed by atoms with van der Waals surface area (Å²) in [7, 11) is 0. The Balaban J connectivity index is 2.89. The molecule has 0 atom stereocenters. The van der Waals surface area contributed by atoms with Crippen molar-refractivity contribution < 1.29 is 13.2 Å². The summed E-state index contributed by atoms with van der Waals surface area (Å²) in [4.78, 5) is 0. The van der Waals surface area contributed by atoms with Crippen LogP contribution < -0.4 is 0 Å². The van der Waals surface area contributed by atoms with Gasteiger partial charge in [0.15, 0.2) is 0 Å². The fourth-order valence-corrected chi connectivity index (χ4v) is 2.26. The molecular formula is C15H21F3. The first-order chi connectivity index (χ1) is 8.26. The molecule has 1 aromatic rings. The van der Waals surface area contributed by atoms with Crippen molar-refractivity contribution >= 4 is 0 Å². The molecule has 0 spiro atoms. The lowest BCUT2D eigenvalue weighted by molar-refractivity contribution is -0.138. The molecule has 0 fully saturated rings. The van der Waals surface area contributed by atoms with Crippen LogP contribution in [0.2, 0.25) is 0 Å². The summed E-state index contributed by atoms with van der Waals surface area (Å²) in [5.74, 6) is 0. The molecule has 0 aromatic heterocycles. The highest BCUT2D eigenvalue weighted by atomic mass is 19.4. The maximum Gasteiger partial charge on any atom is 0.389 e. The SMILES string of the molecule is CCCc1ccccc1C(C)(C)CCC(F)(F)F. The minimum Gasteiger partial charge on any atom is -0.171 e. The van der Waals surface area contributed by atoms with Crippen molar-refractivity contribution in [3.8, 4) is 0 Å². The van der Waals surface area contributed by atoms with Crippen LogP contribution in [0.1, 0.15) is 51.2 Å². The molecule has 0 heterocycles. The Morgan fingerprint density at radius 1 is 1.00 bits per heavy atom. The third-order valence-corrected chi connectivity index (χ3v) is 3.30. The van der Waals surface area contributed by atoms with E-state index in [1.165, 1.54) is 5.56 Å². The normalized spacial score (nSPS) is 12.8. The summed E-state index contributed by atoms with van der Waals surface area (Å²) >= 11 is 0. The number of hydrogen-bond donors (Lipinski definition) is 0. The van der Waals surface area contributed by atoms with Crippen molar-refractivity contribution in [1.29, 1.82) is 0 Å². The zero-order valence-electron chi connectivity index (χ0n) is 11.3. The van der Waals surface area contributed by atoms with Gasteiger partial charge in [0.1, 0.15) is 0 Å². The minimum atomic E-state index is -4.07. The van der Waals surface area contributed by atoms with Crippen LogP contribution in [0.15, 0.2) is 24.3 Å². The number of halogens is 3. The molecule has 0 nitrogen and oxygen atoms in total. The van der Waals surface area contributed by atoms with Crippen LogP contribution in [-0.2, 0) is 11.8 Å². The fraction of sp³-hybridized carbons (Fsp3) is 0.600. The van der Waals surface area contributed by atoms with Gasteiger partial charge in [-0.15, -0.1) is 0 Å². The summed E-state index contributed by atoms with van der Waals surface area (Å²) in [6, 6.07) is 7.84. The highest BCUT2D eigenvalue weighted by Gasteiger charge is 2.32. The molecule has 3 heteroatoms. The Hall–Kier alpha value is -0.990. The second-order valence-electron chi connectivity index (χ2n) is 5.41. The maximum absolute atomic E-state index is 12.4. The van der Waals surface area contributed by atoms with Crippen molar-refractivity contribution in [1.82, 2.24) is 0 Å². The first-order valence-corrected chi connectivity index (χ1v) is 6.41. The van der Waals surface area contributed by atoms with Gasteiger partial charge in [0.25, 0.3) is 0 Å². The Kier molecular flexibility index (Phi) is 4.83. The van der Waals surface area contributed by atoms with E-state index in [0.29, 0.717) is 0 Å². The summed E-state index contributed by atoms with van der Waals surface area (Å²) in [6.45, 7) is 5.87. The van der Waals surface area contributed by atoms with Crippen molar-refractivity contribution in [2.45, 2.75) is 58.0 Å². The highest BCUT2D eigenvalue weighted by Crippen LogP contribution is 2.35. The van der Waals surface area contributed by atoms with Crippen LogP contribution >= 0.6 is 0 Å². The quantitative estimate of drug-likeness (QED) is 0.675. The second-order valence-corrected chi connectivity index (χ2v) is 5.41. The van der Waals surface area contributed by atoms with Crippen LogP contribution in [0, 0.1) is 0 Å². The van der Waals surface area contributed by atoms with Crippen LogP contribution in [-0.4, -0.2) is 6.18 Å². The molecule has 0 bridgehead atoms. The lowest BCUT2D eigenvalue weighted by Gasteiger charge is -2.28. The third-order valence-electron chi connectivity index (χ3n) is 3.30. The fourth-order valence-electron chi connectivity index (χ4n) is 2.26. The van der Waals surface area contributed by atoms with Crippen molar-refractivity contribution in [2.24, 2.45) is 0 Å². The van der Waals surface area contributed by atoms with Gasteiger partial charge in [0, 0.05) is 6.42 Å². The van der Waals surface area contributed by atoms with Crippen molar-refractivity contribution in [3.05, 3.63) is 35.4 Å². The Morgan fingerprint density at radius 2 is 1.61 bits per heavy atom. The highest BCUT2D eigenvalue weighted by molar-refractivity contribution is 5.33. The van der Waals surface area contributed by atoms with Gasteiger partial charge in [0.2, 0.25) is 0 Å².